The third-order valence-electron chi connectivity index (χ3n) is 2.25. The standard InChI is InChI=1S/C11H15S3/c1-3-9-7-8(2)14-10(9)11-12-5-4-6-13-11/h7H,3-6H2,1-2H3/q+1. The summed E-state index contributed by atoms with van der Waals surface area (Å²) >= 11 is 6.07. The summed E-state index contributed by atoms with van der Waals surface area (Å²) in [6, 6.07) is 2.35. The molecule has 0 nitrogen and oxygen atoms in total. The number of thioether (sulfide) groups is 1. The van der Waals surface area contributed by atoms with Crippen molar-refractivity contribution < 1.29 is 0 Å². The Balaban J connectivity index is 2.33. The number of hydrogen-bond donors (Lipinski definition) is 0. The summed E-state index contributed by atoms with van der Waals surface area (Å²) < 4.78 is 1.58. The van der Waals surface area contributed by atoms with Crippen molar-refractivity contribution in [2.45, 2.75) is 26.7 Å². The van der Waals surface area contributed by atoms with Crippen LogP contribution in [0.15, 0.2) is 6.07 Å². The highest BCUT2D eigenvalue weighted by Gasteiger charge is 2.23. The number of thiophene rings is 1. The van der Waals surface area contributed by atoms with Gasteiger partial charge in [0, 0.05) is 17.1 Å². The Morgan fingerprint density at radius 1 is 1.50 bits per heavy atom. The van der Waals surface area contributed by atoms with Gasteiger partial charge in [-0.1, -0.05) is 18.7 Å². The lowest BCUT2D eigenvalue weighted by molar-refractivity contribution is 1.13. The summed E-state index contributed by atoms with van der Waals surface area (Å²) in [5, 5.41) is 0. The molecule has 1 aliphatic heterocycles. The summed E-state index contributed by atoms with van der Waals surface area (Å²) in [5.74, 6) is 2.62. The topological polar surface area (TPSA) is 0 Å². The first-order valence-electron chi connectivity index (χ1n) is 5.03. The molecule has 0 atom stereocenters. The zero-order valence-corrected chi connectivity index (χ0v) is 11.1. The Labute approximate surface area is 98.1 Å². The van der Waals surface area contributed by atoms with Crippen LogP contribution in [0.4, 0.5) is 0 Å². The number of rotatable bonds is 2. The van der Waals surface area contributed by atoms with Crippen molar-refractivity contribution in [3.8, 4) is 0 Å². The second-order valence-electron chi connectivity index (χ2n) is 3.40. The molecular weight excluding hydrogens is 228 g/mol. The molecule has 2 rings (SSSR count). The molecule has 76 valence electrons. The molecule has 0 bridgehead atoms. The Morgan fingerprint density at radius 2 is 2.36 bits per heavy atom. The molecule has 0 aromatic carbocycles. The molecule has 0 saturated heterocycles. The maximum atomic E-state index is 2.35. The Bertz CT molecular complexity index is 349. The zero-order valence-electron chi connectivity index (χ0n) is 8.63. The Kier molecular flexibility index (Phi) is 3.63. The van der Waals surface area contributed by atoms with Gasteiger partial charge in [-0.25, -0.2) is 0 Å². The van der Waals surface area contributed by atoms with Crippen LogP contribution in [0.2, 0.25) is 0 Å². The van der Waals surface area contributed by atoms with E-state index in [1.165, 1.54) is 29.2 Å². The van der Waals surface area contributed by atoms with Crippen LogP contribution in [0.5, 0.6) is 0 Å². The molecule has 0 fully saturated rings. The van der Waals surface area contributed by atoms with Crippen LogP contribution in [-0.4, -0.2) is 15.7 Å². The van der Waals surface area contributed by atoms with E-state index < -0.39 is 0 Å². The van der Waals surface area contributed by atoms with E-state index in [2.05, 4.69) is 19.9 Å². The average molecular weight is 243 g/mol. The lowest BCUT2D eigenvalue weighted by Crippen LogP contribution is -2.07. The minimum Gasteiger partial charge on any atom is -0.134 e. The Morgan fingerprint density at radius 3 is 3.00 bits per heavy atom. The molecule has 0 amide bonds. The second-order valence-corrected chi connectivity index (χ2v) is 7.13. The highest BCUT2D eigenvalue weighted by atomic mass is 32.2. The summed E-state index contributed by atoms with van der Waals surface area (Å²) in [6.45, 7) is 4.47. The predicted octanol–water partition coefficient (Wildman–Crippen LogP) is 3.32. The molecule has 3 heteroatoms. The van der Waals surface area contributed by atoms with E-state index in [1.54, 1.807) is 14.6 Å². The third kappa shape index (κ3) is 2.20. The summed E-state index contributed by atoms with van der Waals surface area (Å²) in [7, 11) is 0. The molecule has 2 heterocycles. The molecule has 14 heavy (non-hydrogen) atoms. The van der Waals surface area contributed by atoms with Gasteiger partial charge >= 0.3 is 0 Å². The number of hydrogen-bond acceptors (Lipinski definition) is 2. The van der Waals surface area contributed by atoms with Crippen LogP contribution in [0.1, 0.15) is 28.7 Å². The average Bonchev–Trinajstić information content (AvgIpc) is 2.61. The van der Waals surface area contributed by atoms with Gasteiger partial charge in [0.25, 0.3) is 4.20 Å². The second kappa shape index (κ2) is 4.77. The van der Waals surface area contributed by atoms with Gasteiger partial charge in [-0.15, -0.1) is 11.3 Å². The van der Waals surface area contributed by atoms with Gasteiger partial charge in [0.05, 0.1) is 0 Å². The maximum absolute atomic E-state index is 2.35. The van der Waals surface area contributed by atoms with Crippen molar-refractivity contribution in [3.63, 3.8) is 0 Å². The van der Waals surface area contributed by atoms with Crippen molar-refractivity contribution in [1.82, 2.24) is 0 Å². The molecule has 0 radical (unpaired) electrons. The number of aryl methyl sites for hydroxylation is 2. The van der Waals surface area contributed by atoms with E-state index in [0.717, 1.165) is 0 Å². The highest BCUT2D eigenvalue weighted by Crippen LogP contribution is 2.28. The van der Waals surface area contributed by atoms with Gasteiger partial charge < -0.3 is 0 Å². The minimum atomic E-state index is 1.17. The van der Waals surface area contributed by atoms with Crippen LogP contribution >= 0.6 is 23.1 Å². The van der Waals surface area contributed by atoms with Crippen molar-refractivity contribution >= 4 is 38.6 Å². The molecule has 0 saturated carbocycles. The molecule has 0 unspecified atom stereocenters. The highest BCUT2D eigenvalue weighted by molar-refractivity contribution is 8.23. The van der Waals surface area contributed by atoms with Crippen LogP contribution < -0.4 is 0 Å². The van der Waals surface area contributed by atoms with Crippen molar-refractivity contribution in [2.75, 3.05) is 11.5 Å². The van der Waals surface area contributed by atoms with Crippen LogP contribution in [0, 0.1) is 6.92 Å². The minimum absolute atomic E-state index is 1.17. The fraction of sp³-hybridized carbons (Fsp3) is 0.545. The van der Waals surface area contributed by atoms with Crippen LogP contribution in [0.25, 0.3) is 0 Å². The van der Waals surface area contributed by atoms with E-state index in [9.17, 15) is 0 Å². The smallest absolute Gasteiger partial charge is 0.134 e. The Hall–Kier alpha value is 0.140. The summed E-state index contributed by atoms with van der Waals surface area (Å²) in [6.07, 6.45) is 2.54. The van der Waals surface area contributed by atoms with Gasteiger partial charge in [-0.05, 0) is 25.0 Å². The third-order valence-corrected chi connectivity index (χ3v) is 6.25. The SMILES string of the molecule is CCc1cc(C)sc1C1=[S+]CCCS1. The van der Waals surface area contributed by atoms with Gasteiger partial charge in [-0.2, -0.15) is 0 Å². The van der Waals surface area contributed by atoms with E-state index in [4.69, 9.17) is 0 Å². The molecule has 1 aliphatic rings. The molecule has 0 aliphatic carbocycles. The lowest BCUT2D eigenvalue weighted by atomic mass is 10.2. The molecule has 1 aromatic rings. The monoisotopic (exact) mass is 243 g/mol. The fourth-order valence-electron chi connectivity index (χ4n) is 1.56. The molecule has 0 N–H and O–H groups in total. The van der Waals surface area contributed by atoms with E-state index in [1.807, 2.05) is 34.4 Å². The molecule has 0 spiro atoms. The van der Waals surface area contributed by atoms with Gasteiger partial charge in [0.2, 0.25) is 0 Å². The molecular formula is C11H15S3+. The van der Waals surface area contributed by atoms with Crippen molar-refractivity contribution in [3.05, 3.63) is 21.4 Å². The van der Waals surface area contributed by atoms with Gasteiger partial charge in [0.1, 0.15) is 4.88 Å². The lowest BCUT2D eigenvalue weighted by Gasteiger charge is -2.01. The summed E-state index contributed by atoms with van der Waals surface area (Å²) in [4.78, 5) is 3.01. The summed E-state index contributed by atoms with van der Waals surface area (Å²) in [5.41, 5.74) is 1.55. The van der Waals surface area contributed by atoms with Crippen molar-refractivity contribution in [1.29, 1.82) is 0 Å². The fourth-order valence-corrected chi connectivity index (χ4v) is 5.60. The zero-order chi connectivity index (χ0) is 9.97. The first-order chi connectivity index (χ1) is 6.81. The largest absolute Gasteiger partial charge is 0.275 e. The maximum Gasteiger partial charge on any atom is 0.275 e. The van der Waals surface area contributed by atoms with Gasteiger partial charge in [-0.3, -0.25) is 0 Å². The van der Waals surface area contributed by atoms with E-state index >= 15 is 0 Å². The first-order valence-corrected chi connectivity index (χ1v) is 7.82. The first kappa shape index (κ1) is 10.7. The normalized spacial score (nSPS) is 16.9. The van der Waals surface area contributed by atoms with E-state index in [0.29, 0.717) is 0 Å². The quantitative estimate of drug-likeness (QED) is 0.567. The van der Waals surface area contributed by atoms with Crippen molar-refractivity contribution in [2.24, 2.45) is 0 Å². The van der Waals surface area contributed by atoms with Gasteiger partial charge in [0.15, 0.2) is 17.1 Å². The van der Waals surface area contributed by atoms with Crippen LogP contribution in [0.3, 0.4) is 0 Å². The van der Waals surface area contributed by atoms with E-state index in [-0.39, 0.29) is 0 Å². The predicted molar refractivity (Wildman–Crippen MR) is 71.9 cm³/mol. The van der Waals surface area contributed by atoms with Crippen LogP contribution in [-0.2, 0) is 17.8 Å². The molecule has 1 aromatic heterocycles.